The third kappa shape index (κ3) is 4.23. The number of likely N-dealkylation sites (N-methyl/N-ethyl adjacent to an activating group) is 1. The van der Waals surface area contributed by atoms with Crippen LogP contribution >= 0.6 is 11.6 Å². The zero-order valence-electron chi connectivity index (χ0n) is 13.9. The van der Waals surface area contributed by atoms with Crippen molar-refractivity contribution in [1.82, 2.24) is 4.90 Å². The number of anilines is 1. The minimum atomic E-state index is -0.244. The Morgan fingerprint density at radius 1 is 1.09 bits per heavy atom. The zero-order chi connectivity index (χ0) is 16.7. The first-order chi connectivity index (χ1) is 10.5. The number of alkyl halides is 1. The van der Waals surface area contributed by atoms with Crippen molar-refractivity contribution >= 4 is 29.1 Å². The highest BCUT2D eigenvalue weighted by atomic mass is 35.5. The molecule has 0 radical (unpaired) electrons. The fraction of sp³-hybridized carbons (Fsp3) is 0.529. The van der Waals surface area contributed by atoms with E-state index < -0.39 is 0 Å². The molecule has 1 aromatic carbocycles. The maximum absolute atomic E-state index is 12.4. The smallest absolute Gasteiger partial charge is 0.242 e. The molecule has 0 unspecified atom stereocenters. The summed E-state index contributed by atoms with van der Waals surface area (Å²) in [5.41, 5.74) is 2.84. The summed E-state index contributed by atoms with van der Waals surface area (Å²) >= 11 is 5.76. The summed E-state index contributed by atoms with van der Waals surface area (Å²) in [6, 6.07) is 5.90. The highest BCUT2D eigenvalue weighted by Crippen LogP contribution is 2.26. The van der Waals surface area contributed by atoms with Crippen molar-refractivity contribution < 1.29 is 9.59 Å². The van der Waals surface area contributed by atoms with Gasteiger partial charge in [0.15, 0.2) is 0 Å². The van der Waals surface area contributed by atoms with E-state index >= 15 is 0 Å². The lowest BCUT2D eigenvalue weighted by atomic mass is 10.0. The van der Waals surface area contributed by atoms with Gasteiger partial charge in [-0.05, 0) is 38.3 Å². The molecule has 0 bridgehead atoms. The Morgan fingerprint density at radius 2 is 1.73 bits per heavy atom. The van der Waals surface area contributed by atoms with Crippen molar-refractivity contribution in [2.24, 2.45) is 0 Å². The number of nitrogens with zero attached hydrogens (tertiary/aromatic N) is 2. The molecule has 0 aliphatic carbocycles. The molecule has 0 N–H and O–H groups in total. The topological polar surface area (TPSA) is 40.6 Å². The molecule has 0 aromatic heterocycles. The predicted molar refractivity (Wildman–Crippen MR) is 91.6 cm³/mol. The van der Waals surface area contributed by atoms with Gasteiger partial charge in [-0.25, -0.2) is 0 Å². The first kappa shape index (κ1) is 18.5. The van der Waals surface area contributed by atoms with Crippen LogP contribution in [0.5, 0.6) is 0 Å². The van der Waals surface area contributed by atoms with Crippen LogP contribution < -0.4 is 4.90 Å². The summed E-state index contributed by atoms with van der Waals surface area (Å²) in [5, 5.41) is 0. The van der Waals surface area contributed by atoms with Gasteiger partial charge in [-0.15, -0.1) is 11.6 Å². The highest BCUT2D eigenvalue weighted by Gasteiger charge is 2.23. The average molecular weight is 325 g/mol. The van der Waals surface area contributed by atoms with Crippen molar-refractivity contribution in [2.75, 3.05) is 30.4 Å². The van der Waals surface area contributed by atoms with Gasteiger partial charge in [0.25, 0.3) is 0 Å². The Bertz CT molecular complexity index is 527. The van der Waals surface area contributed by atoms with Gasteiger partial charge < -0.3 is 9.80 Å². The summed E-state index contributed by atoms with van der Waals surface area (Å²) < 4.78 is 0. The largest absolute Gasteiger partial charge is 0.342 e. The lowest BCUT2D eigenvalue weighted by Gasteiger charge is -2.28. The molecule has 0 atom stereocenters. The second kappa shape index (κ2) is 8.79. The van der Waals surface area contributed by atoms with Gasteiger partial charge in [0.1, 0.15) is 12.4 Å². The molecule has 2 amide bonds. The number of rotatable bonds is 7. The molecule has 22 heavy (non-hydrogen) atoms. The minimum Gasteiger partial charge on any atom is -0.342 e. The number of carbonyl (C=O) groups is 2. The van der Waals surface area contributed by atoms with E-state index in [0.29, 0.717) is 13.1 Å². The predicted octanol–water partition coefficient (Wildman–Crippen LogP) is 3.00. The minimum absolute atomic E-state index is 0.0328. The molecule has 0 spiro atoms. The van der Waals surface area contributed by atoms with E-state index in [1.807, 2.05) is 45.9 Å². The molecule has 0 aliphatic rings. The normalized spacial score (nSPS) is 10.4. The fourth-order valence-electron chi connectivity index (χ4n) is 2.57. The van der Waals surface area contributed by atoms with Crippen LogP contribution in [0, 0.1) is 6.92 Å². The van der Waals surface area contributed by atoms with Crippen molar-refractivity contribution in [1.29, 1.82) is 0 Å². The van der Waals surface area contributed by atoms with E-state index in [1.165, 1.54) is 4.90 Å². The van der Waals surface area contributed by atoms with Gasteiger partial charge in [0.05, 0.1) is 5.69 Å². The molecular weight excluding hydrogens is 300 g/mol. The molecule has 1 rings (SSSR count). The fourth-order valence-corrected chi connectivity index (χ4v) is 2.71. The number of benzene rings is 1. The zero-order valence-corrected chi connectivity index (χ0v) is 14.6. The molecule has 0 aliphatic heterocycles. The van der Waals surface area contributed by atoms with Gasteiger partial charge >= 0.3 is 0 Å². The lowest BCUT2D eigenvalue weighted by Crippen LogP contribution is -2.44. The summed E-state index contributed by atoms with van der Waals surface area (Å²) in [5.74, 6) is -0.442. The number of halogens is 1. The van der Waals surface area contributed by atoms with Crippen LogP contribution in [-0.2, 0) is 16.0 Å². The van der Waals surface area contributed by atoms with E-state index in [0.717, 1.165) is 23.2 Å². The number of carbonyl (C=O) groups excluding carboxylic acids is 2. The maximum atomic E-state index is 12.4. The highest BCUT2D eigenvalue weighted by molar-refractivity contribution is 6.29. The molecule has 1 aromatic rings. The van der Waals surface area contributed by atoms with Crippen LogP contribution in [0.25, 0.3) is 0 Å². The molecule has 0 saturated heterocycles. The van der Waals surface area contributed by atoms with Gasteiger partial charge in [0, 0.05) is 13.1 Å². The number of aryl methyl sites for hydroxylation is 2. The van der Waals surface area contributed by atoms with Crippen LogP contribution in [0.3, 0.4) is 0 Å². The standard InChI is InChI=1S/C17H25ClN2O2/c1-5-14-10-8-9-13(4)17(14)20(15(21)11-18)12-16(22)19(6-2)7-3/h8-10H,5-7,11-12H2,1-4H3. The third-order valence-electron chi connectivity index (χ3n) is 3.80. The van der Waals surface area contributed by atoms with E-state index in [2.05, 4.69) is 0 Å². The van der Waals surface area contributed by atoms with E-state index in [1.54, 1.807) is 4.90 Å². The molecule has 5 heteroatoms. The maximum Gasteiger partial charge on any atom is 0.242 e. The van der Waals surface area contributed by atoms with Crippen molar-refractivity contribution in [3.05, 3.63) is 29.3 Å². The average Bonchev–Trinajstić information content (AvgIpc) is 2.53. The molecular formula is C17H25ClN2O2. The third-order valence-corrected chi connectivity index (χ3v) is 4.03. The van der Waals surface area contributed by atoms with Gasteiger partial charge in [-0.2, -0.15) is 0 Å². The Morgan fingerprint density at radius 3 is 2.23 bits per heavy atom. The van der Waals surface area contributed by atoms with E-state index in [4.69, 9.17) is 11.6 Å². The first-order valence-electron chi connectivity index (χ1n) is 7.72. The Labute approximate surface area is 138 Å². The molecule has 0 fully saturated rings. The number of hydrogen-bond donors (Lipinski definition) is 0. The first-order valence-corrected chi connectivity index (χ1v) is 8.26. The second-order valence-corrected chi connectivity index (χ2v) is 5.38. The molecule has 4 nitrogen and oxygen atoms in total. The monoisotopic (exact) mass is 324 g/mol. The summed E-state index contributed by atoms with van der Waals surface area (Å²) in [4.78, 5) is 28.0. The Kier molecular flexibility index (Phi) is 7.39. The van der Waals surface area contributed by atoms with Gasteiger partial charge in [-0.1, -0.05) is 25.1 Å². The van der Waals surface area contributed by atoms with Gasteiger partial charge in [0.2, 0.25) is 11.8 Å². The van der Waals surface area contributed by atoms with Crippen molar-refractivity contribution in [2.45, 2.75) is 34.1 Å². The van der Waals surface area contributed by atoms with Crippen LogP contribution in [0.1, 0.15) is 31.9 Å². The second-order valence-electron chi connectivity index (χ2n) is 5.12. The van der Waals surface area contributed by atoms with Crippen LogP contribution in [0.2, 0.25) is 0 Å². The molecule has 122 valence electrons. The number of hydrogen-bond acceptors (Lipinski definition) is 2. The van der Waals surface area contributed by atoms with Gasteiger partial charge in [-0.3, -0.25) is 9.59 Å². The number of para-hydroxylation sites is 1. The summed E-state index contributed by atoms with van der Waals surface area (Å²) in [7, 11) is 0. The quantitative estimate of drug-likeness (QED) is 0.723. The number of amides is 2. The summed E-state index contributed by atoms with van der Waals surface area (Å²) in [6.07, 6.45) is 0.794. The molecule has 0 saturated carbocycles. The van der Waals surface area contributed by atoms with E-state index in [9.17, 15) is 9.59 Å². The van der Waals surface area contributed by atoms with Crippen molar-refractivity contribution in [3.63, 3.8) is 0 Å². The SMILES string of the molecule is CCc1cccc(C)c1N(CC(=O)N(CC)CC)C(=O)CCl. The van der Waals surface area contributed by atoms with Crippen LogP contribution in [0.15, 0.2) is 18.2 Å². The molecule has 0 heterocycles. The van der Waals surface area contributed by atoms with E-state index in [-0.39, 0.29) is 24.2 Å². The van der Waals surface area contributed by atoms with Crippen LogP contribution in [-0.4, -0.2) is 42.2 Å². The summed E-state index contributed by atoms with van der Waals surface area (Å²) in [6.45, 7) is 9.14. The Balaban J connectivity index is 3.20. The van der Waals surface area contributed by atoms with Crippen LogP contribution in [0.4, 0.5) is 5.69 Å². The lowest BCUT2D eigenvalue weighted by molar-refractivity contribution is -0.130. The Hall–Kier alpha value is -1.55. The van der Waals surface area contributed by atoms with Crippen molar-refractivity contribution in [3.8, 4) is 0 Å².